The van der Waals surface area contributed by atoms with Crippen LogP contribution >= 0.6 is 15.9 Å². The summed E-state index contributed by atoms with van der Waals surface area (Å²) in [7, 11) is 0. The van der Waals surface area contributed by atoms with Crippen molar-refractivity contribution in [1.29, 1.82) is 0 Å². The van der Waals surface area contributed by atoms with Crippen LogP contribution in [0.3, 0.4) is 0 Å². The first-order chi connectivity index (χ1) is 6.74. The molecular weight excluding hydrogens is 240 g/mol. The van der Waals surface area contributed by atoms with Crippen molar-refractivity contribution >= 4 is 15.9 Å². The van der Waals surface area contributed by atoms with Crippen LogP contribution in [0.5, 0.6) is 0 Å². The molecule has 1 aliphatic carbocycles. The fraction of sp³-hybridized carbons (Fsp3) is 0.455. The zero-order chi connectivity index (χ0) is 10.1. The molecule has 0 aliphatic heterocycles. The Balaban J connectivity index is 2.48. The highest BCUT2D eigenvalue weighted by Gasteiger charge is 2.19. The molecule has 0 aromatic heterocycles. The third-order valence-electron chi connectivity index (χ3n) is 2.92. The lowest BCUT2D eigenvalue weighted by Gasteiger charge is -2.15. The average Bonchev–Trinajstić information content (AvgIpc) is 2.67. The van der Waals surface area contributed by atoms with Crippen LogP contribution < -0.4 is 11.5 Å². The smallest absolute Gasteiger partial charge is 0.0422 e. The molecule has 3 heteroatoms. The van der Waals surface area contributed by atoms with E-state index in [0.29, 0.717) is 6.54 Å². The Kier molecular flexibility index (Phi) is 2.91. The lowest BCUT2D eigenvalue weighted by atomic mass is 9.98. The van der Waals surface area contributed by atoms with Crippen LogP contribution in [0.25, 0.3) is 0 Å². The second-order valence-corrected chi connectivity index (χ2v) is 4.64. The molecule has 0 bridgehead atoms. The van der Waals surface area contributed by atoms with E-state index >= 15 is 0 Å². The summed E-state index contributed by atoms with van der Waals surface area (Å²) in [4.78, 5) is 0. The molecule has 1 aromatic rings. The number of hydrogen-bond donors (Lipinski definition) is 2. The van der Waals surface area contributed by atoms with Gasteiger partial charge in [-0.2, -0.15) is 0 Å². The van der Waals surface area contributed by atoms with Crippen LogP contribution in [-0.4, -0.2) is 6.54 Å². The standard InChI is InChI=1S/C11H15BrN2/c12-10-5-4-9(11(14)6-13)7-2-1-3-8(7)10/h4-5,11H,1-3,6,13-14H2/t11-/m0/s1. The third-order valence-corrected chi connectivity index (χ3v) is 3.66. The summed E-state index contributed by atoms with van der Waals surface area (Å²) >= 11 is 3.58. The van der Waals surface area contributed by atoms with Gasteiger partial charge in [0, 0.05) is 17.1 Å². The number of halogens is 1. The summed E-state index contributed by atoms with van der Waals surface area (Å²) in [5, 5.41) is 0. The Morgan fingerprint density at radius 1 is 1.29 bits per heavy atom. The highest BCUT2D eigenvalue weighted by atomic mass is 79.9. The molecule has 2 rings (SSSR count). The minimum Gasteiger partial charge on any atom is -0.329 e. The Morgan fingerprint density at radius 2 is 2.00 bits per heavy atom. The quantitative estimate of drug-likeness (QED) is 0.847. The van der Waals surface area contributed by atoms with Gasteiger partial charge in [0.1, 0.15) is 0 Å². The van der Waals surface area contributed by atoms with Crippen molar-refractivity contribution in [2.75, 3.05) is 6.54 Å². The third kappa shape index (κ3) is 1.60. The van der Waals surface area contributed by atoms with Gasteiger partial charge in [0.25, 0.3) is 0 Å². The molecule has 1 aromatic carbocycles. The van der Waals surface area contributed by atoms with E-state index in [9.17, 15) is 0 Å². The van der Waals surface area contributed by atoms with Crippen molar-refractivity contribution in [2.45, 2.75) is 25.3 Å². The molecule has 1 aliphatic rings. The van der Waals surface area contributed by atoms with Crippen LogP contribution in [0.15, 0.2) is 16.6 Å². The lowest BCUT2D eigenvalue weighted by Crippen LogP contribution is -2.22. The van der Waals surface area contributed by atoms with E-state index in [4.69, 9.17) is 11.5 Å². The maximum Gasteiger partial charge on any atom is 0.0422 e. The van der Waals surface area contributed by atoms with Crippen LogP contribution in [0, 0.1) is 0 Å². The van der Waals surface area contributed by atoms with Crippen LogP contribution in [0.4, 0.5) is 0 Å². The zero-order valence-electron chi connectivity index (χ0n) is 8.09. The van der Waals surface area contributed by atoms with Crippen molar-refractivity contribution < 1.29 is 0 Å². The maximum absolute atomic E-state index is 5.98. The SMILES string of the molecule is NC[C@H](N)c1ccc(Br)c2c1CCC2. The molecule has 14 heavy (non-hydrogen) atoms. The fourth-order valence-corrected chi connectivity index (χ4v) is 2.73. The van der Waals surface area contributed by atoms with Gasteiger partial charge >= 0.3 is 0 Å². The lowest BCUT2D eigenvalue weighted by molar-refractivity contribution is 0.726. The zero-order valence-corrected chi connectivity index (χ0v) is 9.68. The number of benzene rings is 1. The summed E-state index contributed by atoms with van der Waals surface area (Å²) in [5.41, 5.74) is 15.7. The van der Waals surface area contributed by atoms with E-state index in [1.54, 1.807) is 0 Å². The first-order valence-corrected chi connectivity index (χ1v) is 5.79. The molecule has 0 saturated heterocycles. The largest absolute Gasteiger partial charge is 0.329 e. The van der Waals surface area contributed by atoms with Gasteiger partial charge in [0.2, 0.25) is 0 Å². The van der Waals surface area contributed by atoms with Crippen LogP contribution in [0.2, 0.25) is 0 Å². The monoisotopic (exact) mass is 254 g/mol. The second-order valence-electron chi connectivity index (χ2n) is 3.79. The predicted molar refractivity (Wildman–Crippen MR) is 62.1 cm³/mol. The molecule has 0 heterocycles. The second kappa shape index (κ2) is 4.01. The van der Waals surface area contributed by atoms with Gasteiger partial charge in [0.05, 0.1) is 0 Å². The summed E-state index contributed by atoms with van der Waals surface area (Å²) in [6.45, 7) is 0.522. The van der Waals surface area contributed by atoms with Crippen molar-refractivity contribution in [3.63, 3.8) is 0 Å². The minimum absolute atomic E-state index is 0.00468. The highest BCUT2D eigenvalue weighted by Crippen LogP contribution is 2.33. The first-order valence-electron chi connectivity index (χ1n) is 5.00. The van der Waals surface area contributed by atoms with Gasteiger partial charge in [-0.05, 0) is 42.0 Å². The fourth-order valence-electron chi connectivity index (χ4n) is 2.16. The van der Waals surface area contributed by atoms with E-state index in [0.717, 1.165) is 6.42 Å². The van der Waals surface area contributed by atoms with Gasteiger partial charge in [0.15, 0.2) is 0 Å². The molecular formula is C11H15BrN2. The first kappa shape index (κ1) is 10.1. The highest BCUT2D eigenvalue weighted by molar-refractivity contribution is 9.10. The molecule has 1 atom stereocenters. The van der Waals surface area contributed by atoms with E-state index in [1.165, 1.54) is 34.0 Å². The van der Waals surface area contributed by atoms with Gasteiger partial charge < -0.3 is 11.5 Å². The van der Waals surface area contributed by atoms with Crippen molar-refractivity contribution in [2.24, 2.45) is 11.5 Å². The van der Waals surface area contributed by atoms with Crippen molar-refractivity contribution in [3.05, 3.63) is 33.3 Å². The van der Waals surface area contributed by atoms with Gasteiger partial charge in [-0.1, -0.05) is 22.0 Å². The summed E-state index contributed by atoms with van der Waals surface area (Å²) in [6.07, 6.45) is 3.56. The summed E-state index contributed by atoms with van der Waals surface area (Å²) < 4.78 is 1.22. The molecule has 0 radical (unpaired) electrons. The molecule has 0 unspecified atom stereocenters. The molecule has 0 saturated carbocycles. The number of rotatable bonds is 2. The normalized spacial score (nSPS) is 16.8. The van der Waals surface area contributed by atoms with Gasteiger partial charge in [-0.3, -0.25) is 0 Å². The Morgan fingerprint density at radius 3 is 2.71 bits per heavy atom. The molecule has 0 fully saturated rings. The molecule has 0 spiro atoms. The van der Waals surface area contributed by atoms with Crippen molar-refractivity contribution in [1.82, 2.24) is 0 Å². The number of nitrogens with two attached hydrogens (primary N) is 2. The Hall–Kier alpha value is -0.380. The average molecular weight is 255 g/mol. The minimum atomic E-state index is -0.00468. The van der Waals surface area contributed by atoms with Crippen molar-refractivity contribution in [3.8, 4) is 0 Å². The number of fused-ring (bicyclic) bond motifs is 1. The molecule has 4 N–H and O–H groups in total. The number of hydrogen-bond acceptors (Lipinski definition) is 2. The van der Waals surface area contributed by atoms with E-state index in [1.807, 2.05) is 0 Å². The predicted octanol–water partition coefficient (Wildman–Crippen LogP) is 1.90. The summed E-state index contributed by atoms with van der Waals surface area (Å²) in [5.74, 6) is 0. The van der Waals surface area contributed by atoms with E-state index in [2.05, 4.69) is 28.1 Å². The van der Waals surface area contributed by atoms with E-state index in [-0.39, 0.29) is 6.04 Å². The topological polar surface area (TPSA) is 52.0 Å². The molecule has 0 amide bonds. The van der Waals surface area contributed by atoms with Gasteiger partial charge in [-0.25, -0.2) is 0 Å². The molecule has 2 nitrogen and oxygen atoms in total. The Bertz CT molecular complexity index is 349. The van der Waals surface area contributed by atoms with E-state index < -0.39 is 0 Å². The van der Waals surface area contributed by atoms with Gasteiger partial charge in [-0.15, -0.1) is 0 Å². The molecule has 76 valence electrons. The Labute approximate surface area is 92.8 Å². The van der Waals surface area contributed by atoms with Crippen LogP contribution in [-0.2, 0) is 12.8 Å². The maximum atomic E-state index is 5.98. The summed E-state index contributed by atoms with van der Waals surface area (Å²) in [6, 6.07) is 4.19. The van der Waals surface area contributed by atoms with Crippen LogP contribution in [0.1, 0.15) is 29.2 Å².